The van der Waals surface area contributed by atoms with Gasteiger partial charge in [-0.25, -0.2) is 4.98 Å². The highest BCUT2D eigenvalue weighted by Gasteiger charge is 1.95. The molecular weight excluding hydrogens is 186 g/mol. The number of hydrogen-bond acceptors (Lipinski definition) is 2. The summed E-state index contributed by atoms with van der Waals surface area (Å²) < 4.78 is 5.23. The maximum atomic E-state index is 5.23. The fourth-order valence-electron chi connectivity index (χ4n) is 1.38. The van der Waals surface area contributed by atoms with Crippen LogP contribution < -0.4 is 0 Å². The van der Waals surface area contributed by atoms with Crippen LogP contribution in [0.2, 0.25) is 0 Å². The van der Waals surface area contributed by atoms with Crippen molar-refractivity contribution in [2.24, 2.45) is 0 Å². The summed E-state index contributed by atoms with van der Waals surface area (Å²) in [5.41, 5.74) is 3.34. The highest BCUT2D eigenvalue weighted by Crippen LogP contribution is 2.11. The Morgan fingerprint density at radius 1 is 1.13 bits per heavy atom. The number of aryl methyl sites for hydroxylation is 2. The van der Waals surface area contributed by atoms with Crippen LogP contribution in [0.3, 0.4) is 0 Å². The molecule has 0 bridgehead atoms. The van der Waals surface area contributed by atoms with Gasteiger partial charge in [0.25, 0.3) is 0 Å². The highest BCUT2D eigenvalue weighted by atomic mass is 16.3. The molecule has 0 aliphatic rings. The Morgan fingerprint density at radius 3 is 2.60 bits per heavy atom. The lowest BCUT2D eigenvalue weighted by Crippen LogP contribution is -1.78. The van der Waals surface area contributed by atoms with Gasteiger partial charge in [-0.1, -0.05) is 24.3 Å². The summed E-state index contributed by atoms with van der Waals surface area (Å²) in [7, 11) is 0. The highest BCUT2D eigenvalue weighted by molar-refractivity contribution is 5.67. The van der Waals surface area contributed by atoms with Crippen molar-refractivity contribution in [3.05, 3.63) is 53.2 Å². The molecular formula is C13H13NO. The van der Waals surface area contributed by atoms with Crippen LogP contribution in [-0.2, 0) is 0 Å². The molecule has 2 aromatic rings. The zero-order valence-corrected chi connectivity index (χ0v) is 8.90. The lowest BCUT2D eigenvalue weighted by molar-refractivity contribution is 0.546. The Hall–Kier alpha value is -1.83. The van der Waals surface area contributed by atoms with Gasteiger partial charge in [0, 0.05) is 6.08 Å². The number of nitrogens with zero attached hydrogens (tertiary/aromatic N) is 1. The monoisotopic (exact) mass is 199 g/mol. The summed E-state index contributed by atoms with van der Waals surface area (Å²) >= 11 is 0. The molecule has 0 saturated carbocycles. The Kier molecular flexibility index (Phi) is 2.68. The van der Waals surface area contributed by atoms with E-state index in [4.69, 9.17) is 4.42 Å². The van der Waals surface area contributed by atoms with E-state index in [0.29, 0.717) is 5.89 Å². The minimum Gasteiger partial charge on any atom is -0.445 e. The molecule has 2 nitrogen and oxygen atoms in total. The summed E-state index contributed by atoms with van der Waals surface area (Å²) in [4.78, 5) is 4.20. The third-order valence-electron chi connectivity index (χ3n) is 2.23. The molecule has 76 valence electrons. The molecule has 0 saturated heterocycles. The van der Waals surface area contributed by atoms with Gasteiger partial charge in [-0.05, 0) is 31.1 Å². The van der Waals surface area contributed by atoms with Gasteiger partial charge >= 0.3 is 0 Å². The number of oxazole rings is 1. The molecule has 0 radical (unpaired) electrons. The van der Waals surface area contributed by atoms with E-state index in [1.807, 2.05) is 31.2 Å². The maximum Gasteiger partial charge on any atom is 0.218 e. The van der Waals surface area contributed by atoms with Crippen LogP contribution in [0.1, 0.15) is 22.7 Å². The molecule has 15 heavy (non-hydrogen) atoms. The molecule has 0 aliphatic heterocycles. The number of hydrogen-bond donors (Lipinski definition) is 0. The predicted molar refractivity (Wildman–Crippen MR) is 61.3 cm³/mol. The summed E-state index contributed by atoms with van der Waals surface area (Å²) in [6.45, 7) is 4.00. The van der Waals surface area contributed by atoms with Gasteiger partial charge < -0.3 is 4.42 Å². The summed E-state index contributed by atoms with van der Waals surface area (Å²) in [5.74, 6) is 0.649. The number of rotatable bonds is 2. The first kappa shape index (κ1) is 9.71. The molecule has 2 heteroatoms. The van der Waals surface area contributed by atoms with Crippen LogP contribution in [0.4, 0.5) is 0 Å². The zero-order chi connectivity index (χ0) is 10.7. The van der Waals surface area contributed by atoms with E-state index in [1.54, 1.807) is 6.26 Å². The fraction of sp³-hybridized carbons (Fsp3) is 0.154. The number of aromatic nitrogens is 1. The third-order valence-corrected chi connectivity index (χ3v) is 2.23. The van der Waals surface area contributed by atoms with Gasteiger partial charge in [-0.2, -0.15) is 0 Å². The second-order valence-corrected chi connectivity index (χ2v) is 3.52. The first-order chi connectivity index (χ1) is 7.25. The van der Waals surface area contributed by atoms with Crippen molar-refractivity contribution in [2.45, 2.75) is 13.8 Å². The molecule has 0 fully saturated rings. The summed E-state index contributed by atoms with van der Waals surface area (Å²) in [6, 6.07) is 8.21. The maximum absolute atomic E-state index is 5.23. The summed E-state index contributed by atoms with van der Waals surface area (Å²) in [5, 5.41) is 0. The van der Waals surface area contributed by atoms with Crippen LogP contribution in [-0.4, -0.2) is 4.98 Å². The molecule has 1 heterocycles. The molecule has 2 rings (SSSR count). The minimum absolute atomic E-state index is 0.649. The van der Waals surface area contributed by atoms with E-state index in [0.717, 1.165) is 5.69 Å². The molecule has 0 N–H and O–H groups in total. The SMILES string of the molecule is Cc1coc(C=Cc2ccccc2C)n1. The third kappa shape index (κ3) is 2.34. The largest absolute Gasteiger partial charge is 0.445 e. The number of benzene rings is 1. The van der Waals surface area contributed by atoms with Crippen molar-refractivity contribution in [3.8, 4) is 0 Å². The quantitative estimate of drug-likeness (QED) is 0.740. The second kappa shape index (κ2) is 4.13. The van der Waals surface area contributed by atoms with E-state index >= 15 is 0 Å². The van der Waals surface area contributed by atoms with Crippen LogP contribution >= 0.6 is 0 Å². The van der Waals surface area contributed by atoms with Crippen LogP contribution in [0, 0.1) is 13.8 Å². The van der Waals surface area contributed by atoms with E-state index < -0.39 is 0 Å². The smallest absolute Gasteiger partial charge is 0.218 e. The standard InChI is InChI=1S/C13H13NO/c1-10-5-3-4-6-12(10)7-8-13-14-11(2)9-15-13/h3-9H,1-2H3. The van der Waals surface area contributed by atoms with E-state index in [1.165, 1.54) is 11.1 Å². The predicted octanol–water partition coefficient (Wildman–Crippen LogP) is 3.46. The van der Waals surface area contributed by atoms with Gasteiger partial charge in [-0.15, -0.1) is 0 Å². The van der Waals surface area contributed by atoms with Crippen LogP contribution in [0.5, 0.6) is 0 Å². The van der Waals surface area contributed by atoms with Crippen molar-refractivity contribution in [1.82, 2.24) is 4.98 Å². The second-order valence-electron chi connectivity index (χ2n) is 3.52. The van der Waals surface area contributed by atoms with Crippen LogP contribution in [0.25, 0.3) is 12.2 Å². The molecule has 1 aromatic heterocycles. The van der Waals surface area contributed by atoms with Gasteiger partial charge in [-0.3, -0.25) is 0 Å². The first-order valence-electron chi connectivity index (χ1n) is 4.91. The van der Waals surface area contributed by atoms with Crippen molar-refractivity contribution >= 4 is 12.2 Å². The van der Waals surface area contributed by atoms with E-state index in [2.05, 4.69) is 24.0 Å². The minimum atomic E-state index is 0.649. The average molecular weight is 199 g/mol. The fourth-order valence-corrected chi connectivity index (χ4v) is 1.38. The molecule has 1 aromatic carbocycles. The Bertz CT molecular complexity index is 483. The van der Waals surface area contributed by atoms with E-state index in [9.17, 15) is 0 Å². The topological polar surface area (TPSA) is 26.0 Å². The first-order valence-corrected chi connectivity index (χ1v) is 4.91. The lowest BCUT2D eigenvalue weighted by atomic mass is 10.1. The van der Waals surface area contributed by atoms with Gasteiger partial charge in [0.2, 0.25) is 5.89 Å². The molecule has 0 amide bonds. The zero-order valence-electron chi connectivity index (χ0n) is 8.90. The Balaban J connectivity index is 2.22. The Morgan fingerprint density at radius 2 is 1.93 bits per heavy atom. The van der Waals surface area contributed by atoms with E-state index in [-0.39, 0.29) is 0 Å². The molecule has 0 unspecified atom stereocenters. The molecule has 0 spiro atoms. The normalized spacial score (nSPS) is 11.1. The van der Waals surface area contributed by atoms with Crippen molar-refractivity contribution in [1.29, 1.82) is 0 Å². The molecule has 0 atom stereocenters. The summed E-state index contributed by atoms with van der Waals surface area (Å²) in [6.07, 6.45) is 5.55. The van der Waals surface area contributed by atoms with Gasteiger partial charge in [0.05, 0.1) is 5.69 Å². The average Bonchev–Trinajstić information content (AvgIpc) is 2.63. The van der Waals surface area contributed by atoms with Gasteiger partial charge in [0.1, 0.15) is 6.26 Å². The van der Waals surface area contributed by atoms with Crippen molar-refractivity contribution in [3.63, 3.8) is 0 Å². The van der Waals surface area contributed by atoms with Crippen molar-refractivity contribution < 1.29 is 4.42 Å². The molecule has 0 aliphatic carbocycles. The van der Waals surface area contributed by atoms with Crippen LogP contribution in [0.15, 0.2) is 34.9 Å². The van der Waals surface area contributed by atoms with Crippen molar-refractivity contribution in [2.75, 3.05) is 0 Å². The Labute approximate surface area is 89.3 Å². The lowest BCUT2D eigenvalue weighted by Gasteiger charge is -1.96. The van der Waals surface area contributed by atoms with Gasteiger partial charge in [0.15, 0.2) is 0 Å².